The maximum atomic E-state index is 12.0. The first-order valence-corrected chi connectivity index (χ1v) is 3.67. The van der Waals surface area contributed by atoms with E-state index in [1.54, 1.807) is 0 Å². The number of alkyl halides is 3. The maximum Gasteiger partial charge on any atom is 0.418 e. The van der Waals surface area contributed by atoms with Crippen LogP contribution in [0.25, 0.3) is 4.85 Å². The Balaban J connectivity index is 2.94. The molecule has 14 heavy (non-hydrogen) atoms. The average molecular weight is 201 g/mol. The van der Waals surface area contributed by atoms with Crippen LogP contribution in [0, 0.1) is 6.57 Å². The molecule has 74 valence electrons. The molecular formula is C9H6F3NO. The van der Waals surface area contributed by atoms with Crippen molar-refractivity contribution in [3.8, 4) is 0 Å². The quantitative estimate of drug-likeness (QED) is 0.694. The Morgan fingerprint density at radius 3 is 2.07 bits per heavy atom. The number of rotatable bonds is 1. The number of aliphatic hydroxyl groups is 1. The summed E-state index contributed by atoms with van der Waals surface area (Å²) in [7, 11) is 0. The molecule has 0 saturated heterocycles. The highest BCUT2D eigenvalue weighted by Crippen LogP contribution is 2.32. The van der Waals surface area contributed by atoms with Crippen molar-refractivity contribution in [2.45, 2.75) is 12.3 Å². The van der Waals surface area contributed by atoms with Crippen LogP contribution in [-0.2, 0) is 0 Å². The van der Waals surface area contributed by atoms with Gasteiger partial charge in [-0.15, -0.1) is 0 Å². The molecule has 0 amide bonds. The summed E-state index contributed by atoms with van der Waals surface area (Å²) in [4.78, 5) is 3.02. The molecule has 1 N–H and O–H groups in total. The average Bonchev–Trinajstić information content (AvgIpc) is 2.15. The van der Waals surface area contributed by atoms with Crippen molar-refractivity contribution >= 4 is 5.69 Å². The number of halogens is 3. The van der Waals surface area contributed by atoms with Crippen molar-refractivity contribution in [2.75, 3.05) is 0 Å². The van der Waals surface area contributed by atoms with E-state index in [9.17, 15) is 13.2 Å². The summed E-state index contributed by atoms with van der Waals surface area (Å²) in [5.74, 6) is 0. The lowest BCUT2D eigenvalue weighted by Gasteiger charge is -2.14. The van der Waals surface area contributed by atoms with Crippen molar-refractivity contribution in [3.05, 3.63) is 41.2 Å². The van der Waals surface area contributed by atoms with E-state index in [4.69, 9.17) is 11.7 Å². The Labute approximate surface area is 78.4 Å². The van der Waals surface area contributed by atoms with Crippen molar-refractivity contribution in [2.24, 2.45) is 0 Å². The van der Waals surface area contributed by atoms with Gasteiger partial charge in [0.25, 0.3) is 0 Å². The van der Waals surface area contributed by atoms with E-state index < -0.39 is 12.3 Å². The standard InChI is InChI=1S/C9H6F3NO/c1-13-7-4-2-6(3-5-7)8(14)9(10,11)12/h2-5,8,14H. The lowest BCUT2D eigenvalue weighted by atomic mass is 10.1. The molecule has 0 bridgehead atoms. The van der Waals surface area contributed by atoms with Crippen LogP contribution in [0.5, 0.6) is 0 Å². The molecule has 1 aromatic carbocycles. The number of nitrogens with zero attached hydrogens (tertiary/aromatic N) is 1. The van der Waals surface area contributed by atoms with Gasteiger partial charge in [-0.2, -0.15) is 13.2 Å². The molecule has 0 spiro atoms. The molecule has 1 unspecified atom stereocenters. The van der Waals surface area contributed by atoms with E-state index in [2.05, 4.69) is 4.85 Å². The second-order valence-corrected chi connectivity index (χ2v) is 2.65. The van der Waals surface area contributed by atoms with E-state index in [-0.39, 0.29) is 11.3 Å². The van der Waals surface area contributed by atoms with E-state index >= 15 is 0 Å². The van der Waals surface area contributed by atoms with E-state index in [0.29, 0.717) is 0 Å². The van der Waals surface area contributed by atoms with E-state index in [1.807, 2.05) is 0 Å². The van der Waals surface area contributed by atoms with Gasteiger partial charge in [0.05, 0.1) is 6.57 Å². The van der Waals surface area contributed by atoms with Crippen LogP contribution < -0.4 is 0 Å². The molecule has 0 aromatic heterocycles. The fraction of sp³-hybridized carbons (Fsp3) is 0.222. The van der Waals surface area contributed by atoms with E-state index in [0.717, 1.165) is 12.1 Å². The molecule has 0 aliphatic carbocycles. The molecule has 2 nitrogen and oxygen atoms in total. The Morgan fingerprint density at radius 1 is 1.21 bits per heavy atom. The number of hydrogen-bond acceptors (Lipinski definition) is 1. The zero-order valence-electron chi connectivity index (χ0n) is 6.92. The van der Waals surface area contributed by atoms with Gasteiger partial charge in [-0.1, -0.05) is 24.3 Å². The Morgan fingerprint density at radius 2 is 1.71 bits per heavy atom. The summed E-state index contributed by atoms with van der Waals surface area (Å²) in [6.45, 7) is 6.58. The molecule has 1 aromatic rings. The largest absolute Gasteiger partial charge is 0.418 e. The molecule has 1 atom stereocenters. The minimum atomic E-state index is -4.67. The third-order valence-corrected chi connectivity index (χ3v) is 1.65. The summed E-state index contributed by atoms with van der Waals surface area (Å²) in [5.41, 5.74) is -0.0203. The summed E-state index contributed by atoms with van der Waals surface area (Å²) in [6.07, 6.45) is -7.15. The van der Waals surface area contributed by atoms with Crippen molar-refractivity contribution < 1.29 is 18.3 Å². The van der Waals surface area contributed by atoms with Crippen LogP contribution in [0.1, 0.15) is 11.7 Å². The Kier molecular flexibility index (Phi) is 2.77. The van der Waals surface area contributed by atoms with Crippen LogP contribution in [0.2, 0.25) is 0 Å². The second-order valence-electron chi connectivity index (χ2n) is 2.65. The summed E-state index contributed by atoms with van der Waals surface area (Å²) >= 11 is 0. The highest BCUT2D eigenvalue weighted by molar-refractivity contribution is 5.45. The third-order valence-electron chi connectivity index (χ3n) is 1.65. The summed E-state index contributed by atoms with van der Waals surface area (Å²) < 4.78 is 36.0. The van der Waals surface area contributed by atoms with Crippen molar-refractivity contribution in [3.63, 3.8) is 0 Å². The SMILES string of the molecule is [C-]#[N+]c1ccc(C(O)C(F)(F)F)cc1. The van der Waals surface area contributed by atoms with E-state index in [1.165, 1.54) is 12.1 Å². The van der Waals surface area contributed by atoms with Crippen LogP contribution in [0.4, 0.5) is 18.9 Å². The first kappa shape index (κ1) is 10.5. The monoisotopic (exact) mass is 201 g/mol. The van der Waals surface area contributed by atoms with Crippen LogP contribution in [-0.4, -0.2) is 11.3 Å². The molecule has 5 heteroatoms. The minimum Gasteiger partial charge on any atom is -0.379 e. The highest BCUT2D eigenvalue weighted by Gasteiger charge is 2.39. The van der Waals surface area contributed by atoms with Crippen molar-refractivity contribution in [1.82, 2.24) is 0 Å². The maximum absolute atomic E-state index is 12.0. The molecule has 0 radical (unpaired) electrons. The number of hydrogen-bond donors (Lipinski definition) is 1. The summed E-state index contributed by atoms with van der Waals surface area (Å²) in [6, 6.07) is 4.64. The number of benzene rings is 1. The predicted octanol–water partition coefficient (Wildman–Crippen LogP) is 2.83. The molecule has 0 heterocycles. The molecule has 0 saturated carbocycles. The van der Waals surface area contributed by atoms with Gasteiger partial charge >= 0.3 is 6.18 Å². The minimum absolute atomic E-state index is 0.239. The second kappa shape index (κ2) is 3.68. The van der Waals surface area contributed by atoms with Crippen LogP contribution in [0.15, 0.2) is 24.3 Å². The molecular weight excluding hydrogens is 195 g/mol. The predicted molar refractivity (Wildman–Crippen MR) is 43.7 cm³/mol. The van der Waals surface area contributed by atoms with Crippen molar-refractivity contribution in [1.29, 1.82) is 0 Å². The van der Waals surface area contributed by atoms with Gasteiger partial charge < -0.3 is 5.11 Å². The fourth-order valence-corrected chi connectivity index (χ4v) is 0.920. The molecule has 0 fully saturated rings. The van der Waals surface area contributed by atoms with Crippen LogP contribution >= 0.6 is 0 Å². The molecule has 1 rings (SSSR count). The first-order valence-electron chi connectivity index (χ1n) is 3.67. The zero-order valence-corrected chi connectivity index (χ0v) is 6.92. The van der Waals surface area contributed by atoms with Gasteiger partial charge in [0.15, 0.2) is 11.8 Å². The van der Waals surface area contributed by atoms with Gasteiger partial charge in [-0.05, 0) is 5.56 Å². The molecule has 0 aliphatic heterocycles. The Hall–Kier alpha value is -1.54. The lowest BCUT2D eigenvalue weighted by Crippen LogP contribution is -2.19. The lowest BCUT2D eigenvalue weighted by molar-refractivity contribution is -0.206. The number of aliphatic hydroxyl groups excluding tert-OH is 1. The van der Waals surface area contributed by atoms with Gasteiger partial charge in [-0.25, -0.2) is 4.85 Å². The third kappa shape index (κ3) is 2.24. The first-order chi connectivity index (χ1) is 6.45. The zero-order chi connectivity index (χ0) is 10.8. The molecule has 0 aliphatic rings. The summed E-state index contributed by atoms with van der Waals surface area (Å²) in [5, 5.41) is 8.82. The Bertz CT molecular complexity index is 350. The normalized spacial score (nSPS) is 13.4. The van der Waals surface area contributed by atoms with Gasteiger partial charge in [0.2, 0.25) is 0 Å². The van der Waals surface area contributed by atoms with Gasteiger partial charge in [0.1, 0.15) is 0 Å². The van der Waals surface area contributed by atoms with Crippen LogP contribution in [0.3, 0.4) is 0 Å². The van der Waals surface area contributed by atoms with Gasteiger partial charge in [-0.3, -0.25) is 0 Å². The highest BCUT2D eigenvalue weighted by atomic mass is 19.4. The topological polar surface area (TPSA) is 24.6 Å². The smallest absolute Gasteiger partial charge is 0.379 e. The van der Waals surface area contributed by atoms with Gasteiger partial charge in [0, 0.05) is 0 Å². The fourth-order valence-electron chi connectivity index (χ4n) is 0.920.